The molecule has 17 heavy (non-hydrogen) atoms. The molecule has 0 radical (unpaired) electrons. The summed E-state index contributed by atoms with van der Waals surface area (Å²) in [7, 11) is 2.08. The number of aliphatic hydroxyl groups is 1. The largest absolute Gasteiger partial charge is 0.394 e. The molecule has 0 heterocycles. The highest BCUT2D eigenvalue weighted by Crippen LogP contribution is 2.28. The van der Waals surface area contributed by atoms with Gasteiger partial charge < -0.3 is 10.0 Å². The van der Waals surface area contributed by atoms with E-state index >= 15 is 0 Å². The standard InChI is InChI=1S/C15H23NO/c1-11(2)15(10-17)16(3)14-8-7-12-5-4-6-13(12)9-14/h7-9,11,15,17H,4-6,10H2,1-3H3. The van der Waals surface area contributed by atoms with Crippen LogP contribution in [0, 0.1) is 5.92 Å². The van der Waals surface area contributed by atoms with Gasteiger partial charge in [0.2, 0.25) is 0 Å². The highest BCUT2D eigenvalue weighted by Gasteiger charge is 2.19. The summed E-state index contributed by atoms with van der Waals surface area (Å²) in [6.07, 6.45) is 3.73. The van der Waals surface area contributed by atoms with Gasteiger partial charge in [0, 0.05) is 12.7 Å². The topological polar surface area (TPSA) is 23.5 Å². The van der Waals surface area contributed by atoms with Crippen molar-refractivity contribution in [1.29, 1.82) is 0 Å². The van der Waals surface area contributed by atoms with Crippen LogP contribution in [-0.4, -0.2) is 24.8 Å². The summed E-state index contributed by atoms with van der Waals surface area (Å²) < 4.78 is 0. The lowest BCUT2D eigenvalue weighted by Gasteiger charge is -2.32. The number of aryl methyl sites for hydroxylation is 2. The Balaban J connectivity index is 2.21. The van der Waals surface area contributed by atoms with Gasteiger partial charge in [-0.3, -0.25) is 0 Å². The molecule has 0 aromatic heterocycles. The maximum absolute atomic E-state index is 9.48. The van der Waals surface area contributed by atoms with Gasteiger partial charge in [-0.25, -0.2) is 0 Å². The van der Waals surface area contributed by atoms with E-state index in [0.29, 0.717) is 5.92 Å². The third-order valence-electron chi connectivity index (χ3n) is 3.94. The maximum atomic E-state index is 9.48. The van der Waals surface area contributed by atoms with E-state index in [-0.39, 0.29) is 12.6 Å². The Morgan fingerprint density at radius 2 is 1.94 bits per heavy atom. The predicted octanol–water partition coefficient (Wildman–Crippen LogP) is 2.63. The van der Waals surface area contributed by atoms with E-state index in [4.69, 9.17) is 0 Å². The first kappa shape index (κ1) is 12.4. The van der Waals surface area contributed by atoms with Gasteiger partial charge in [-0.1, -0.05) is 19.9 Å². The molecule has 2 nitrogen and oxygen atoms in total. The van der Waals surface area contributed by atoms with E-state index in [1.807, 2.05) is 0 Å². The molecule has 0 saturated carbocycles. The summed E-state index contributed by atoms with van der Waals surface area (Å²) in [5.74, 6) is 0.457. The van der Waals surface area contributed by atoms with Crippen LogP contribution >= 0.6 is 0 Å². The van der Waals surface area contributed by atoms with E-state index in [1.54, 1.807) is 0 Å². The Labute approximate surface area is 104 Å². The zero-order valence-corrected chi connectivity index (χ0v) is 11.1. The molecule has 1 aliphatic carbocycles. The summed E-state index contributed by atoms with van der Waals surface area (Å²) >= 11 is 0. The molecule has 2 heteroatoms. The van der Waals surface area contributed by atoms with Gasteiger partial charge in [0.05, 0.1) is 12.6 Å². The lowest BCUT2D eigenvalue weighted by molar-refractivity contribution is 0.234. The zero-order chi connectivity index (χ0) is 12.4. The van der Waals surface area contributed by atoms with Crippen molar-refractivity contribution in [3.63, 3.8) is 0 Å². The van der Waals surface area contributed by atoms with Crippen LogP contribution in [0.3, 0.4) is 0 Å². The first-order chi connectivity index (χ1) is 8.13. The lowest BCUT2D eigenvalue weighted by atomic mass is 10.0. The molecule has 1 N–H and O–H groups in total. The SMILES string of the molecule is CC(C)C(CO)N(C)c1ccc2c(c1)CCC2. The minimum atomic E-state index is 0.203. The van der Waals surface area contributed by atoms with Crippen LogP contribution in [0.5, 0.6) is 0 Å². The summed E-state index contributed by atoms with van der Waals surface area (Å²) in [6.45, 7) is 4.53. The van der Waals surface area contributed by atoms with Gasteiger partial charge >= 0.3 is 0 Å². The molecule has 1 aromatic rings. The van der Waals surface area contributed by atoms with Crippen molar-refractivity contribution in [3.05, 3.63) is 29.3 Å². The van der Waals surface area contributed by atoms with Crippen molar-refractivity contribution in [3.8, 4) is 0 Å². The first-order valence-electron chi connectivity index (χ1n) is 6.59. The van der Waals surface area contributed by atoms with Gasteiger partial charge in [-0.05, 0) is 48.4 Å². The van der Waals surface area contributed by atoms with Crippen LogP contribution < -0.4 is 4.90 Å². The second kappa shape index (κ2) is 5.09. The summed E-state index contributed by atoms with van der Waals surface area (Å²) in [5.41, 5.74) is 4.24. The Morgan fingerprint density at radius 1 is 1.24 bits per heavy atom. The van der Waals surface area contributed by atoms with Crippen LogP contribution in [0.1, 0.15) is 31.4 Å². The number of likely N-dealkylation sites (N-methyl/N-ethyl adjacent to an activating group) is 1. The molecule has 1 aliphatic rings. The second-order valence-electron chi connectivity index (χ2n) is 5.41. The number of nitrogens with zero attached hydrogens (tertiary/aromatic N) is 1. The first-order valence-corrected chi connectivity index (χ1v) is 6.59. The van der Waals surface area contributed by atoms with Crippen molar-refractivity contribution < 1.29 is 5.11 Å². The molecule has 1 unspecified atom stereocenters. The third kappa shape index (κ3) is 2.47. The predicted molar refractivity (Wildman–Crippen MR) is 72.6 cm³/mol. The minimum absolute atomic E-state index is 0.203. The number of rotatable bonds is 4. The number of aliphatic hydroxyl groups excluding tert-OH is 1. The third-order valence-corrected chi connectivity index (χ3v) is 3.94. The quantitative estimate of drug-likeness (QED) is 0.864. The Kier molecular flexibility index (Phi) is 3.72. The highest BCUT2D eigenvalue weighted by molar-refractivity contribution is 5.52. The Hall–Kier alpha value is -1.02. The minimum Gasteiger partial charge on any atom is -0.394 e. The second-order valence-corrected chi connectivity index (χ2v) is 5.41. The van der Waals surface area contributed by atoms with Gasteiger partial charge in [-0.15, -0.1) is 0 Å². The van der Waals surface area contributed by atoms with E-state index in [9.17, 15) is 5.11 Å². The zero-order valence-electron chi connectivity index (χ0n) is 11.1. The van der Waals surface area contributed by atoms with Crippen molar-refractivity contribution >= 4 is 5.69 Å². The van der Waals surface area contributed by atoms with Gasteiger partial charge in [0.15, 0.2) is 0 Å². The van der Waals surface area contributed by atoms with Crippen LogP contribution in [0.25, 0.3) is 0 Å². The van der Waals surface area contributed by atoms with E-state index < -0.39 is 0 Å². The van der Waals surface area contributed by atoms with Crippen LogP contribution in [-0.2, 0) is 12.8 Å². The molecule has 1 aromatic carbocycles. The summed E-state index contributed by atoms with van der Waals surface area (Å²) in [4.78, 5) is 2.21. The molecule has 1 atom stereocenters. The van der Waals surface area contributed by atoms with Crippen molar-refractivity contribution in [1.82, 2.24) is 0 Å². The number of anilines is 1. The fraction of sp³-hybridized carbons (Fsp3) is 0.600. The average Bonchev–Trinajstić information content (AvgIpc) is 2.75. The summed E-state index contributed by atoms with van der Waals surface area (Å²) in [6, 6.07) is 6.94. The Bertz CT molecular complexity index is 387. The van der Waals surface area contributed by atoms with E-state index in [0.717, 1.165) is 0 Å². The molecule has 0 spiro atoms. The summed E-state index contributed by atoms with van der Waals surface area (Å²) in [5, 5.41) is 9.48. The smallest absolute Gasteiger partial charge is 0.0637 e. The molecular weight excluding hydrogens is 210 g/mol. The van der Waals surface area contributed by atoms with Crippen molar-refractivity contribution in [2.24, 2.45) is 5.92 Å². The van der Waals surface area contributed by atoms with E-state index in [1.165, 1.54) is 36.1 Å². The van der Waals surface area contributed by atoms with Gasteiger partial charge in [0.1, 0.15) is 0 Å². The normalized spacial score (nSPS) is 16.1. The highest BCUT2D eigenvalue weighted by atomic mass is 16.3. The lowest BCUT2D eigenvalue weighted by Crippen LogP contribution is -2.38. The van der Waals surface area contributed by atoms with Gasteiger partial charge in [0.25, 0.3) is 0 Å². The van der Waals surface area contributed by atoms with Gasteiger partial charge in [-0.2, -0.15) is 0 Å². The van der Waals surface area contributed by atoms with Crippen LogP contribution in [0.15, 0.2) is 18.2 Å². The Morgan fingerprint density at radius 3 is 2.59 bits per heavy atom. The number of hydrogen-bond acceptors (Lipinski definition) is 2. The monoisotopic (exact) mass is 233 g/mol. The molecular formula is C15H23NO. The number of hydrogen-bond donors (Lipinski definition) is 1. The molecule has 0 amide bonds. The average molecular weight is 233 g/mol. The number of benzene rings is 1. The van der Waals surface area contributed by atoms with Crippen molar-refractivity contribution in [2.45, 2.75) is 39.2 Å². The van der Waals surface area contributed by atoms with E-state index in [2.05, 4.69) is 44.0 Å². The molecule has 2 rings (SSSR count). The van der Waals surface area contributed by atoms with Crippen LogP contribution in [0.4, 0.5) is 5.69 Å². The molecule has 0 fully saturated rings. The molecule has 0 saturated heterocycles. The van der Waals surface area contributed by atoms with Crippen LogP contribution in [0.2, 0.25) is 0 Å². The molecule has 94 valence electrons. The number of fused-ring (bicyclic) bond motifs is 1. The molecule has 0 bridgehead atoms. The fourth-order valence-corrected chi connectivity index (χ4v) is 2.75. The maximum Gasteiger partial charge on any atom is 0.0637 e. The van der Waals surface area contributed by atoms with Crippen molar-refractivity contribution in [2.75, 3.05) is 18.6 Å². The molecule has 0 aliphatic heterocycles. The fourth-order valence-electron chi connectivity index (χ4n) is 2.75.